The molecule has 1 saturated heterocycles. The number of rotatable bonds is 4. The number of methoxy groups -OCH3 is 1. The van der Waals surface area contributed by atoms with E-state index in [1.165, 1.54) is 12.0 Å². The van der Waals surface area contributed by atoms with Crippen molar-refractivity contribution in [2.45, 2.75) is 5.92 Å². The summed E-state index contributed by atoms with van der Waals surface area (Å²) in [7, 11) is 1.53. The molecule has 1 fully saturated rings. The van der Waals surface area contributed by atoms with E-state index in [2.05, 4.69) is 0 Å². The summed E-state index contributed by atoms with van der Waals surface area (Å²) < 4.78 is 31.8. The van der Waals surface area contributed by atoms with E-state index in [1.807, 2.05) is 0 Å². The zero-order valence-corrected chi connectivity index (χ0v) is 14.0. The Kier molecular flexibility index (Phi) is 4.88. The molecule has 0 radical (unpaired) electrons. The Labute approximate surface area is 148 Å². The molecular formula is C19H17F2NO4. The summed E-state index contributed by atoms with van der Waals surface area (Å²) >= 11 is 0. The molecule has 0 aromatic heterocycles. The van der Waals surface area contributed by atoms with Gasteiger partial charge >= 0.3 is 5.97 Å². The summed E-state index contributed by atoms with van der Waals surface area (Å²) in [5.41, 5.74) is 0.626. The lowest BCUT2D eigenvalue weighted by Gasteiger charge is -2.17. The number of amides is 1. The van der Waals surface area contributed by atoms with Crippen LogP contribution >= 0.6 is 0 Å². The van der Waals surface area contributed by atoms with Gasteiger partial charge in [-0.3, -0.25) is 9.59 Å². The molecule has 2 aromatic carbocycles. The largest absolute Gasteiger partial charge is 0.497 e. The van der Waals surface area contributed by atoms with E-state index < -0.39 is 35.3 Å². The predicted molar refractivity (Wildman–Crippen MR) is 89.1 cm³/mol. The van der Waals surface area contributed by atoms with Gasteiger partial charge in [-0.2, -0.15) is 0 Å². The standard InChI is InChI=1S/C19H17F2NO4/c1-26-15-4-2-11(3-5-15)16-9-22(10-17(16)19(24)25)18(23)12-6-13(20)8-14(21)7-12/h2-8,16-17H,9-10H2,1H3,(H,24,25)/t16-,17+/m0/s1. The molecule has 0 bridgehead atoms. The lowest BCUT2D eigenvalue weighted by Crippen LogP contribution is -2.30. The highest BCUT2D eigenvalue weighted by molar-refractivity contribution is 5.95. The molecule has 0 aliphatic carbocycles. The zero-order valence-electron chi connectivity index (χ0n) is 14.0. The molecule has 1 N–H and O–H groups in total. The average Bonchev–Trinajstić information content (AvgIpc) is 3.06. The predicted octanol–water partition coefficient (Wildman–Crippen LogP) is 2.91. The fraction of sp³-hybridized carbons (Fsp3) is 0.263. The van der Waals surface area contributed by atoms with Crippen LogP contribution in [0.4, 0.5) is 8.78 Å². The molecule has 5 nitrogen and oxygen atoms in total. The van der Waals surface area contributed by atoms with E-state index in [4.69, 9.17) is 4.74 Å². The number of benzene rings is 2. The van der Waals surface area contributed by atoms with Crippen molar-refractivity contribution in [2.75, 3.05) is 20.2 Å². The number of ether oxygens (including phenoxy) is 1. The fourth-order valence-electron chi connectivity index (χ4n) is 3.27. The summed E-state index contributed by atoms with van der Waals surface area (Å²) in [4.78, 5) is 25.5. The molecule has 2 aromatic rings. The summed E-state index contributed by atoms with van der Waals surface area (Å²) in [6.45, 7) is 0.128. The van der Waals surface area contributed by atoms with E-state index in [-0.39, 0.29) is 18.7 Å². The quantitative estimate of drug-likeness (QED) is 0.909. The number of carboxylic acid groups (broad SMARTS) is 1. The lowest BCUT2D eigenvalue weighted by molar-refractivity contribution is -0.141. The summed E-state index contributed by atoms with van der Waals surface area (Å²) in [5.74, 6) is -3.89. The smallest absolute Gasteiger partial charge is 0.308 e. The van der Waals surface area contributed by atoms with Crippen LogP contribution in [0.1, 0.15) is 21.8 Å². The van der Waals surface area contributed by atoms with Crippen LogP contribution in [0.5, 0.6) is 5.75 Å². The first-order chi connectivity index (χ1) is 12.4. The first-order valence-electron chi connectivity index (χ1n) is 8.01. The summed E-state index contributed by atoms with van der Waals surface area (Å²) in [5, 5.41) is 9.52. The molecule has 1 aliphatic rings. The molecule has 1 aliphatic heterocycles. The van der Waals surface area contributed by atoms with Gasteiger partial charge in [0.2, 0.25) is 0 Å². The number of aliphatic carboxylic acids is 1. The van der Waals surface area contributed by atoms with Gasteiger partial charge in [-0.15, -0.1) is 0 Å². The molecule has 7 heteroatoms. The van der Waals surface area contributed by atoms with E-state index in [0.717, 1.165) is 17.7 Å². The number of nitrogens with zero attached hydrogens (tertiary/aromatic N) is 1. The Morgan fingerprint density at radius 3 is 2.23 bits per heavy atom. The van der Waals surface area contributed by atoms with Crippen LogP contribution in [0.3, 0.4) is 0 Å². The van der Waals surface area contributed by atoms with Crippen molar-refractivity contribution in [2.24, 2.45) is 5.92 Å². The summed E-state index contributed by atoms with van der Waals surface area (Å²) in [6.07, 6.45) is 0. The minimum absolute atomic E-state index is 0.0248. The Morgan fingerprint density at radius 1 is 1.08 bits per heavy atom. The van der Waals surface area contributed by atoms with Crippen molar-refractivity contribution >= 4 is 11.9 Å². The van der Waals surface area contributed by atoms with Crippen molar-refractivity contribution in [1.82, 2.24) is 4.90 Å². The maximum atomic E-state index is 13.4. The highest BCUT2D eigenvalue weighted by Crippen LogP contribution is 2.34. The van der Waals surface area contributed by atoms with Crippen LogP contribution in [-0.4, -0.2) is 42.1 Å². The third-order valence-electron chi connectivity index (χ3n) is 4.58. The molecule has 136 valence electrons. The SMILES string of the molecule is COc1ccc([C@@H]2CN(C(=O)c3cc(F)cc(F)c3)C[C@H]2C(=O)O)cc1. The Bertz CT molecular complexity index is 818. The molecule has 26 heavy (non-hydrogen) atoms. The van der Waals surface area contributed by atoms with Crippen LogP contribution in [0, 0.1) is 17.6 Å². The normalized spacial score (nSPS) is 19.4. The fourth-order valence-corrected chi connectivity index (χ4v) is 3.27. The first-order valence-corrected chi connectivity index (χ1v) is 8.01. The van der Waals surface area contributed by atoms with Crippen molar-refractivity contribution in [3.63, 3.8) is 0 Å². The van der Waals surface area contributed by atoms with Crippen LogP contribution in [0.15, 0.2) is 42.5 Å². The molecule has 0 spiro atoms. The molecular weight excluding hydrogens is 344 g/mol. The molecule has 1 amide bonds. The highest BCUT2D eigenvalue weighted by atomic mass is 19.1. The second-order valence-corrected chi connectivity index (χ2v) is 6.19. The maximum absolute atomic E-state index is 13.4. The van der Waals surface area contributed by atoms with Gasteiger partial charge in [0, 0.05) is 30.6 Å². The molecule has 0 saturated carbocycles. The van der Waals surface area contributed by atoms with Crippen LogP contribution < -0.4 is 4.74 Å². The van der Waals surface area contributed by atoms with Gasteiger partial charge in [0.15, 0.2) is 0 Å². The van der Waals surface area contributed by atoms with Crippen molar-refractivity contribution in [1.29, 1.82) is 0 Å². The number of carboxylic acids is 1. The number of likely N-dealkylation sites (tertiary alicyclic amines) is 1. The van der Waals surface area contributed by atoms with Crippen molar-refractivity contribution in [3.8, 4) is 5.75 Å². The highest BCUT2D eigenvalue weighted by Gasteiger charge is 2.40. The van der Waals surface area contributed by atoms with Crippen molar-refractivity contribution in [3.05, 3.63) is 65.2 Å². The van der Waals surface area contributed by atoms with E-state index in [1.54, 1.807) is 24.3 Å². The number of carbonyl (C=O) groups excluding carboxylic acids is 1. The van der Waals surface area contributed by atoms with E-state index in [9.17, 15) is 23.5 Å². The van der Waals surface area contributed by atoms with Gasteiger partial charge in [0.05, 0.1) is 13.0 Å². The van der Waals surface area contributed by atoms with E-state index >= 15 is 0 Å². The van der Waals surface area contributed by atoms with Gasteiger partial charge in [0.25, 0.3) is 5.91 Å². The van der Waals surface area contributed by atoms with Gasteiger partial charge in [-0.1, -0.05) is 12.1 Å². The van der Waals surface area contributed by atoms with Gasteiger partial charge < -0.3 is 14.7 Å². The topological polar surface area (TPSA) is 66.8 Å². The van der Waals surface area contributed by atoms with Crippen molar-refractivity contribution < 1.29 is 28.2 Å². The third-order valence-corrected chi connectivity index (χ3v) is 4.58. The first kappa shape index (κ1) is 17.8. The van der Waals surface area contributed by atoms with Gasteiger partial charge in [0.1, 0.15) is 17.4 Å². The maximum Gasteiger partial charge on any atom is 0.308 e. The zero-order chi connectivity index (χ0) is 18.8. The van der Waals surface area contributed by atoms with Crippen LogP contribution in [0.25, 0.3) is 0 Å². The minimum Gasteiger partial charge on any atom is -0.497 e. The van der Waals surface area contributed by atoms with Crippen LogP contribution in [0.2, 0.25) is 0 Å². The lowest BCUT2D eigenvalue weighted by atomic mass is 9.89. The number of hydrogen-bond donors (Lipinski definition) is 1. The number of carbonyl (C=O) groups is 2. The molecule has 1 heterocycles. The van der Waals surface area contributed by atoms with Gasteiger partial charge in [-0.05, 0) is 29.8 Å². The van der Waals surface area contributed by atoms with E-state index in [0.29, 0.717) is 11.8 Å². The second-order valence-electron chi connectivity index (χ2n) is 6.19. The Morgan fingerprint density at radius 2 is 1.69 bits per heavy atom. The van der Waals surface area contributed by atoms with Crippen LogP contribution in [-0.2, 0) is 4.79 Å². The summed E-state index contributed by atoms with van der Waals surface area (Å²) in [6, 6.07) is 9.54. The Hall–Kier alpha value is -2.96. The minimum atomic E-state index is -1.02. The number of hydrogen-bond acceptors (Lipinski definition) is 3. The van der Waals surface area contributed by atoms with Gasteiger partial charge in [-0.25, -0.2) is 8.78 Å². The average molecular weight is 361 g/mol. The second kappa shape index (κ2) is 7.11. The molecule has 0 unspecified atom stereocenters. The molecule has 3 rings (SSSR count). The number of halogens is 2. The Balaban J connectivity index is 1.86. The monoisotopic (exact) mass is 361 g/mol. The molecule has 2 atom stereocenters. The third kappa shape index (κ3) is 3.51.